The van der Waals surface area contributed by atoms with Crippen molar-refractivity contribution in [2.75, 3.05) is 44.6 Å². The molecule has 1 saturated heterocycles. The van der Waals surface area contributed by atoms with E-state index in [0.717, 1.165) is 49.2 Å². The second-order valence-corrected chi connectivity index (χ2v) is 10.1. The Balaban J connectivity index is 1.68. The van der Waals surface area contributed by atoms with Gasteiger partial charge in [0.2, 0.25) is 0 Å². The Bertz CT molecular complexity index is 1050. The lowest BCUT2D eigenvalue weighted by atomic mass is 9.97. The molecule has 1 aliphatic heterocycles. The standard InChI is InChI=1S/C26H30ClN3O2S/c1-2-22-18-23(26(33-22)28-25(32)20-6-4-3-5-7-20)24(19-8-10-21(27)11-9-19)30-14-12-29(13-15-30)16-17-31/h3-11,18,24,31H,2,12-17H2,1H3,(H,28,32)/p+2/t24-/m1/s1. The van der Waals surface area contributed by atoms with Crippen molar-refractivity contribution in [2.24, 2.45) is 0 Å². The minimum Gasteiger partial charge on any atom is -0.391 e. The van der Waals surface area contributed by atoms with Crippen LogP contribution in [0.3, 0.4) is 0 Å². The van der Waals surface area contributed by atoms with Gasteiger partial charge in [-0.05, 0) is 36.8 Å². The number of quaternary nitrogens is 2. The molecule has 0 aliphatic carbocycles. The maximum atomic E-state index is 13.0. The van der Waals surface area contributed by atoms with Crippen LogP contribution in [0.5, 0.6) is 0 Å². The topological polar surface area (TPSA) is 58.2 Å². The fraction of sp³-hybridized carbons (Fsp3) is 0.346. The molecule has 1 aliphatic rings. The van der Waals surface area contributed by atoms with Crippen LogP contribution in [0.25, 0.3) is 0 Å². The number of aliphatic hydroxyl groups is 1. The Kier molecular flexibility index (Phi) is 8.17. The van der Waals surface area contributed by atoms with E-state index in [1.165, 1.54) is 25.8 Å². The number of nitrogens with one attached hydrogen (secondary N) is 3. The van der Waals surface area contributed by atoms with Gasteiger partial charge in [-0.1, -0.05) is 48.9 Å². The third-order valence-electron chi connectivity index (χ3n) is 6.41. The molecule has 33 heavy (non-hydrogen) atoms. The van der Waals surface area contributed by atoms with E-state index >= 15 is 0 Å². The summed E-state index contributed by atoms with van der Waals surface area (Å²) in [6.07, 6.45) is 0.927. The summed E-state index contributed by atoms with van der Waals surface area (Å²) in [6, 6.07) is 19.9. The monoisotopic (exact) mass is 485 g/mol. The van der Waals surface area contributed by atoms with Gasteiger partial charge < -0.3 is 20.2 Å². The van der Waals surface area contributed by atoms with E-state index in [-0.39, 0.29) is 18.6 Å². The van der Waals surface area contributed by atoms with Crippen LogP contribution >= 0.6 is 22.9 Å². The highest BCUT2D eigenvalue weighted by atomic mass is 35.5. The van der Waals surface area contributed by atoms with E-state index in [1.807, 2.05) is 42.5 Å². The normalized spacial score (nSPS) is 19.2. The van der Waals surface area contributed by atoms with Gasteiger partial charge in [0, 0.05) is 26.6 Å². The number of carbonyl (C=O) groups excluding carboxylic acids is 1. The second-order valence-electron chi connectivity index (χ2n) is 8.54. The molecule has 1 amide bonds. The number of hydrogen-bond acceptors (Lipinski definition) is 3. The van der Waals surface area contributed by atoms with Crippen molar-refractivity contribution in [2.45, 2.75) is 19.4 Å². The van der Waals surface area contributed by atoms with Gasteiger partial charge in [-0.15, -0.1) is 11.3 Å². The molecular formula is C26H32ClN3O2S+2. The number of anilines is 1. The highest BCUT2D eigenvalue weighted by Crippen LogP contribution is 2.35. The van der Waals surface area contributed by atoms with Crippen LogP contribution < -0.4 is 15.1 Å². The number of benzene rings is 2. The molecule has 0 saturated carbocycles. The highest BCUT2D eigenvalue weighted by molar-refractivity contribution is 7.16. The van der Waals surface area contributed by atoms with Crippen LogP contribution in [0.1, 0.15) is 39.3 Å². The second kappa shape index (κ2) is 11.3. The van der Waals surface area contributed by atoms with Crippen molar-refractivity contribution in [3.8, 4) is 0 Å². The maximum absolute atomic E-state index is 13.0. The summed E-state index contributed by atoms with van der Waals surface area (Å²) < 4.78 is 0. The molecule has 4 N–H and O–H groups in total. The number of carbonyl (C=O) groups is 1. The Morgan fingerprint density at radius 2 is 1.79 bits per heavy atom. The van der Waals surface area contributed by atoms with Gasteiger partial charge in [0.05, 0.1) is 6.61 Å². The third-order valence-corrected chi connectivity index (χ3v) is 7.87. The van der Waals surface area contributed by atoms with E-state index < -0.39 is 0 Å². The van der Waals surface area contributed by atoms with Gasteiger partial charge in [0.1, 0.15) is 43.8 Å². The zero-order chi connectivity index (χ0) is 23.2. The van der Waals surface area contributed by atoms with Crippen molar-refractivity contribution in [1.82, 2.24) is 0 Å². The van der Waals surface area contributed by atoms with Crippen LogP contribution in [-0.4, -0.2) is 50.3 Å². The van der Waals surface area contributed by atoms with E-state index in [1.54, 1.807) is 11.3 Å². The lowest BCUT2D eigenvalue weighted by molar-refractivity contribution is -1.02. The van der Waals surface area contributed by atoms with Gasteiger partial charge in [0.15, 0.2) is 0 Å². The first-order chi connectivity index (χ1) is 16.1. The van der Waals surface area contributed by atoms with Crippen LogP contribution in [0.2, 0.25) is 5.02 Å². The number of rotatable bonds is 8. The summed E-state index contributed by atoms with van der Waals surface area (Å²) in [4.78, 5) is 17.2. The molecule has 4 rings (SSSR count). The molecule has 2 aromatic carbocycles. The van der Waals surface area contributed by atoms with E-state index in [0.29, 0.717) is 5.56 Å². The molecule has 3 aromatic rings. The van der Waals surface area contributed by atoms with Gasteiger partial charge in [-0.3, -0.25) is 4.79 Å². The molecule has 0 bridgehead atoms. The molecule has 2 heterocycles. The third kappa shape index (κ3) is 5.83. The fourth-order valence-electron chi connectivity index (χ4n) is 4.62. The lowest BCUT2D eigenvalue weighted by Gasteiger charge is -2.35. The molecule has 1 aromatic heterocycles. The zero-order valence-corrected chi connectivity index (χ0v) is 20.5. The molecule has 5 nitrogen and oxygen atoms in total. The number of aryl methyl sites for hydroxylation is 1. The Morgan fingerprint density at radius 3 is 2.42 bits per heavy atom. The highest BCUT2D eigenvalue weighted by Gasteiger charge is 2.34. The number of amides is 1. The van der Waals surface area contributed by atoms with Crippen molar-refractivity contribution in [1.29, 1.82) is 0 Å². The summed E-state index contributed by atoms with van der Waals surface area (Å²) in [7, 11) is 0. The first-order valence-corrected chi connectivity index (χ1v) is 12.8. The van der Waals surface area contributed by atoms with Crippen LogP contribution in [0.15, 0.2) is 60.7 Å². The van der Waals surface area contributed by atoms with Gasteiger partial charge >= 0.3 is 0 Å². The summed E-state index contributed by atoms with van der Waals surface area (Å²) in [5.41, 5.74) is 3.03. The van der Waals surface area contributed by atoms with Crippen LogP contribution in [0.4, 0.5) is 5.00 Å². The summed E-state index contributed by atoms with van der Waals surface area (Å²) in [5, 5.41) is 14.2. The number of thiophene rings is 1. The van der Waals surface area contributed by atoms with Crippen molar-refractivity contribution < 1.29 is 19.7 Å². The van der Waals surface area contributed by atoms with Gasteiger partial charge in [0.25, 0.3) is 5.91 Å². The zero-order valence-electron chi connectivity index (χ0n) is 18.9. The molecule has 0 radical (unpaired) electrons. The Hall–Kier alpha value is -2.22. The molecule has 0 spiro atoms. The summed E-state index contributed by atoms with van der Waals surface area (Å²) >= 11 is 7.88. The average Bonchev–Trinajstić information content (AvgIpc) is 3.24. The Labute approximate surface area is 204 Å². The molecular weight excluding hydrogens is 454 g/mol. The number of piperazine rings is 1. The van der Waals surface area contributed by atoms with Crippen LogP contribution in [-0.2, 0) is 6.42 Å². The molecule has 7 heteroatoms. The first kappa shape index (κ1) is 23.9. The molecule has 0 unspecified atom stereocenters. The van der Waals surface area contributed by atoms with Crippen molar-refractivity contribution >= 4 is 33.8 Å². The lowest BCUT2D eigenvalue weighted by Crippen LogP contribution is -3.28. The minimum absolute atomic E-state index is 0.0802. The number of aliphatic hydroxyl groups excluding tert-OH is 1. The maximum Gasteiger partial charge on any atom is 0.256 e. The molecule has 174 valence electrons. The predicted octanol–water partition coefficient (Wildman–Crippen LogP) is 2.08. The predicted molar refractivity (Wildman–Crippen MR) is 135 cm³/mol. The van der Waals surface area contributed by atoms with Crippen molar-refractivity contribution in [3.63, 3.8) is 0 Å². The fourth-order valence-corrected chi connectivity index (χ4v) is 5.78. The average molecular weight is 486 g/mol. The number of halogens is 1. The summed E-state index contributed by atoms with van der Waals surface area (Å²) in [6.45, 7) is 7.24. The van der Waals surface area contributed by atoms with E-state index in [2.05, 4.69) is 30.4 Å². The summed E-state index contributed by atoms with van der Waals surface area (Å²) in [5.74, 6) is -0.0802. The van der Waals surface area contributed by atoms with Crippen molar-refractivity contribution in [3.05, 3.63) is 87.3 Å². The van der Waals surface area contributed by atoms with Gasteiger partial charge in [-0.2, -0.15) is 0 Å². The van der Waals surface area contributed by atoms with E-state index in [4.69, 9.17) is 11.6 Å². The first-order valence-electron chi connectivity index (χ1n) is 11.6. The smallest absolute Gasteiger partial charge is 0.256 e. The minimum atomic E-state index is -0.0802. The SMILES string of the molecule is CCc1cc([C@@H](c2ccc(Cl)cc2)[NH+]2CC[NH+](CCO)CC2)c(NC(=O)c2ccccc2)s1. The molecule has 1 atom stereocenters. The largest absolute Gasteiger partial charge is 0.391 e. The number of hydrogen-bond donors (Lipinski definition) is 4. The Morgan fingerprint density at radius 1 is 1.09 bits per heavy atom. The van der Waals surface area contributed by atoms with Crippen LogP contribution in [0, 0.1) is 0 Å². The molecule has 1 fully saturated rings. The quantitative estimate of drug-likeness (QED) is 0.395. The van der Waals surface area contributed by atoms with E-state index in [9.17, 15) is 9.90 Å². The van der Waals surface area contributed by atoms with Gasteiger partial charge in [-0.25, -0.2) is 0 Å².